The largest absolute Gasteiger partial charge is 0.872 e. The molecule has 0 aliphatic carbocycles. The number of quaternary nitrogens is 1. The first-order valence-corrected chi connectivity index (χ1v) is 11.4. The van der Waals surface area contributed by atoms with Gasteiger partial charge in [0.25, 0.3) is 0 Å². The summed E-state index contributed by atoms with van der Waals surface area (Å²) in [6.45, 7) is 5.53. The number of benzene rings is 2. The summed E-state index contributed by atoms with van der Waals surface area (Å²) in [5.74, 6) is 1.76. The Morgan fingerprint density at radius 3 is 2.84 bits per heavy atom. The molecular formula is C24H24BrNO5. The first-order chi connectivity index (χ1) is 15.0. The van der Waals surface area contributed by atoms with E-state index in [0.717, 1.165) is 47.4 Å². The van der Waals surface area contributed by atoms with E-state index < -0.39 is 0 Å². The Morgan fingerprint density at radius 2 is 2.03 bits per heavy atom. The standard InChI is InChI=1S/C24H24BrNO5/c1-14-4-6-26(7-5-14)11-19-20(27)3-2-18-22(28)21(31-24(18)19)10-15-8-17(25)9-16-12-29-13-30-23(15)16/h2-3,8-10,14,27H,4-7,11-13H2,1H3. The monoisotopic (exact) mass is 485 g/mol. The second kappa shape index (κ2) is 8.30. The summed E-state index contributed by atoms with van der Waals surface area (Å²) >= 11 is 3.50. The van der Waals surface area contributed by atoms with Crippen LogP contribution >= 0.6 is 15.9 Å². The average molecular weight is 486 g/mol. The molecule has 1 fully saturated rings. The van der Waals surface area contributed by atoms with Crippen LogP contribution in [0.2, 0.25) is 0 Å². The summed E-state index contributed by atoms with van der Waals surface area (Å²) in [5.41, 5.74) is 2.70. The zero-order valence-corrected chi connectivity index (χ0v) is 18.9. The number of fused-ring (bicyclic) bond motifs is 2. The van der Waals surface area contributed by atoms with Crippen LogP contribution in [-0.4, -0.2) is 25.7 Å². The van der Waals surface area contributed by atoms with Gasteiger partial charge in [0, 0.05) is 21.2 Å². The van der Waals surface area contributed by atoms with Gasteiger partial charge >= 0.3 is 0 Å². The van der Waals surface area contributed by atoms with E-state index in [9.17, 15) is 9.90 Å². The molecule has 0 amide bonds. The van der Waals surface area contributed by atoms with Crippen molar-refractivity contribution in [3.63, 3.8) is 0 Å². The number of ketones is 1. The molecule has 1 saturated heterocycles. The quantitative estimate of drug-likeness (QED) is 0.676. The van der Waals surface area contributed by atoms with Crippen molar-refractivity contribution < 1.29 is 29.0 Å². The number of nitrogens with one attached hydrogen (secondary N) is 1. The van der Waals surface area contributed by atoms with Crippen molar-refractivity contribution in [2.24, 2.45) is 5.92 Å². The number of ether oxygens (including phenoxy) is 3. The summed E-state index contributed by atoms with van der Waals surface area (Å²) in [6, 6.07) is 6.90. The van der Waals surface area contributed by atoms with E-state index in [-0.39, 0.29) is 24.1 Å². The van der Waals surface area contributed by atoms with Crippen LogP contribution in [0.15, 0.2) is 34.5 Å². The molecule has 3 aliphatic heterocycles. The van der Waals surface area contributed by atoms with E-state index >= 15 is 0 Å². The molecule has 7 heteroatoms. The lowest BCUT2D eigenvalue weighted by Gasteiger charge is -2.29. The summed E-state index contributed by atoms with van der Waals surface area (Å²) in [5, 5.41) is 12.7. The van der Waals surface area contributed by atoms with Gasteiger partial charge in [0.2, 0.25) is 5.78 Å². The molecule has 0 atom stereocenters. The van der Waals surface area contributed by atoms with E-state index in [4.69, 9.17) is 14.2 Å². The Kier molecular flexibility index (Phi) is 5.50. The number of rotatable bonds is 3. The predicted molar refractivity (Wildman–Crippen MR) is 116 cm³/mol. The van der Waals surface area contributed by atoms with E-state index in [0.29, 0.717) is 35.8 Å². The van der Waals surface area contributed by atoms with Crippen molar-refractivity contribution in [3.8, 4) is 17.2 Å². The fourth-order valence-electron chi connectivity index (χ4n) is 4.51. The van der Waals surface area contributed by atoms with Gasteiger partial charge in [-0.3, -0.25) is 4.79 Å². The van der Waals surface area contributed by atoms with Crippen molar-refractivity contribution in [3.05, 3.63) is 56.8 Å². The van der Waals surface area contributed by atoms with E-state index in [1.165, 1.54) is 11.0 Å². The van der Waals surface area contributed by atoms with Gasteiger partial charge in [0.15, 0.2) is 12.6 Å². The second-order valence-corrected chi connectivity index (χ2v) is 9.48. The Bertz CT molecular complexity index is 1070. The van der Waals surface area contributed by atoms with Crippen molar-refractivity contribution in [2.45, 2.75) is 32.9 Å². The van der Waals surface area contributed by atoms with Gasteiger partial charge in [-0.2, -0.15) is 0 Å². The zero-order chi connectivity index (χ0) is 21.5. The highest BCUT2D eigenvalue weighted by molar-refractivity contribution is 9.10. The number of carbonyl (C=O) groups is 1. The molecule has 0 unspecified atom stereocenters. The smallest absolute Gasteiger partial charge is 0.231 e. The Balaban J connectivity index is 1.47. The Labute approximate surface area is 189 Å². The molecule has 31 heavy (non-hydrogen) atoms. The topological polar surface area (TPSA) is 72.3 Å². The molecule has 3 heterocycles. The molecule has 162 valence electrons. The first-order valence-electron chi connectivity index (χ1n) is 10.6. The number of carbonyl (C=O) groups excluding carboxylic acids is 1. The summed E-state index contributed by atoms with van der Waals surface area (Å²) < 4.78 is 17.9. The van der Waals surface area contributed by atoms with Crippen LogP contribution in [0.1, 0.15) is 46.8 Å². The molecule has 5 rings (SSSR count). The van der Waals surface area contributed by atoms with Gasteiger partial charge in [0.1, 0.15) is 18.0 Å². The van der Waals surface area contributed by atoms with Crippen LogP contribution in [0.3, 0.4) is 0 Å². The molecule has 2 aromatic rings. The fraction of sp³-hybridized carbons (Fsp3) is 0.375. The normalized spacial score (nSPS) is 23.8. The highest BCUT2D eigenvalue weighted by atomic mass is 79.9. The molecule has 0 radical (unpaired) electrons. The summed E-state index contributed by atoms with van der Waals surface area (Å²) in [6.07, 6.45) is 4.00. The minimum Gasteiger partial charge on any atom is -0.872 e. The highest BCUT2D eigenvalue weighted by Crippen LogP contribution is 2.40. The van der Waals surface area contributed by atoms with E-state index in [2.05, 4.69) is 22.9 Å². The second-order valence-electron chi connectivity index (χ2n) is 8.56. The molecule has 6 nitrogen and oxygen atoms in total. The van der Waals surface area contributed by atoms with Gasteiger partial charge in [-0.15, -0.1) is 0 Å². The first kappa shape index (κ1) is 20.5. The van der Waals surface area contributed by atoms with Crippen LogP contribution in [0.5, 0.6) is 17.2 Å². The third kappa shape index (κ3) is 3.97. The lowest BCUT2D eigenvalue weighted by Crippen LogP contribution is -3.11. The van der Waals surface area contributed by atoms with Gasteiger partial charge in [-0.25, -0.2) is 0 Å². The third-order valence-electron chi connectivity index (χ3n) is 6.30. The number of piperidine rings is 1. The Morgan fingerprint density at radius 1 is 1.23 bits per heavy atom. The van der Waals surface area contributed by atoms with E-state index in [1.54, 1.807) is 12.1 Å². The fourth-order valence-corrected chi connectivity index (χ4v) is 5.03. The lowest BCUT2D eigenvalue weighted by molar-refractivity contribution is -0.919. The molecule has 1 N–H and O–H groups in total. The molecule has 0 bridgehead atoms. The molecule has 0 aromatic heterocycles. The molecular weight excluding hydrogens is 462 g/mol. The van der Waals surface area contributed by atoms with Crippen molar-refractivity contribution in [1.29, 1.82) is 0 Å². The third-order valence-corrected chi connectivity index (χ3v) is 6.75. The minimum absolute atomic E-state index is 0.0701. The Hall–Kier alpha value is -2.35. The average Bonchev–Trinajstić information content (AvgIpc) is 3.07. The van der Waals surface area contributed by atoms with Crippen molar-refractivity contribution >= 4 is 27.8 Å². The number of likely N-dealkylation sites (tertiary alicyclic amines) is 1. The van der Waals surface area contributed by atoms with E-state index in [1.807, 2.05) is 12.1 Å². The highest BCUT2D eigenvalue weighted by Gasteiger charge is 2.32. The van der Waals surface area contributed by atoms with Gasteiger partial charge < -0.3 is 24.2 Å². The summed E-state index contributed by atoms with van der Waals surface area (Å²) in [4.78, 5) is 14.4. The minimum atomic E-state index is -0.209. The number of hydrogen-bond donors (Lipinski definition) is 1. The number of Topliss-reactive ketones (excluding diaryl/α,β-unsaturated/α-hetero) is 1. The predicted octanol–water partition coefficient (Wildman–Crippen LogP) is 2.82. The molecule has 2 aromatic carbocycles. The lowest BCUT2D eigenvalue weighted by atomic mass is 9.98. The van der Waals surface area contributed by atoms with Crippen LogP contribution in [0, 0.1) is 5.92 Å². The maximum atomic E-state index is 13.1. The van der Waals surface area contributed by atoms with Crippen LogP contribution < -0.4 is 19.5 Å². The van der Waals surface area contributed by atoms with Gasteiger partial charge in [0.05, 0.1) is 25.3 Å². The zero-order valence-electron chi connectivity index (χ0n) is 17.3. The maximum absolute atomic E-state index is 13.1. The number of allylic oxidation sites excluding steroid dienone is 1. The number of hydrogen-bond acceptors (Lipinski definition) is 5. The van der Waals surface area contributed by atoms with Crippen molar-refractivity contribution in [1.82, 2.24) is 0 Å². The van der Waals surface area contributed by atoms with Crippen LogP contribution in [0.25, 0.3) is 6.08 Å². The molecule has 0 spiro atoms. The SMILES string of the molecule is CC1CC[NH+](Cc2c([O-])ccc3c2OC(=Cc2cc(Br)cc4c2OCOC4)C3=O)CC1. The van der Waals surface area contributed by atoms with Gasteiger partial charge in [-0.05, 0) is 43.0 Å². The maximum Gasteiger partial charge on any atom is 0.231 e. The summed E-state index contributed by atoms with van der Waals surface area (Å²) in [7, 11) is 0. The molecule has 3 aliphatic rings. The molecule has 0 saturated carbocycles. The van der Waals surface area contributed by atoms with Crippen LogP contribution in [-0.2, 0) is 17.9 Å². The van der Waals surface area contributed by atoms with Crippen LogP contribution in [0.4, 0.5) is 0 Å². The van der Waals surface area contributed by atoms with Gasteiger partial charge in [-0.1, -0.05) is 34.7 Å². The van der Waals surface area contributed by atoms with Crippen molar-refractivity contribution in [2.75, 3.05) is 19.9 Å². The number of halogens is 1.